The van der Waals surface area contributed by atoms with Crippen LogP contribution in [0.5, 0.6) is 0 Å². The van der Waals surface area contributed by atoms with Crippen LogP contribution in [-0.4, -0.2) is 30.5 Å². The zero-order valence-electron chi connectivity index (χ0n) is 10.8. The molecule has 0 aromatic carbocycles. The van der Waals surface area contributed by atoms with Gasteiger partial charge in [-0.15, -0.1) is 0 Å². The highest BCUT2D eigenvalue weighted by Gasteiger charge is 2.32. The Hall–Kier alpha value is -0.120. The molecule has 3 heteroatoms. The smallest absolute Gasteiger partial charge is 0.0612 e. The van der Waals surface area contributed by atoms with Crippen LogP contribution in [0.2, 0.25) is 0 Å². The van der Waals surface area contributed by atoms with Crippen LogP contribution >= 0.6 is 0 Å². The molecule has 0 aliphatic heterocycles. The van der Waals surface area contributed by atoms with Crippen molar-refractivity contribution in [1.82, 2.24) is 10.6 Å². The molecule has 3 nitrogen and oxygen atoms in total. The second-order valence-corrected chi connectivity index (χ2v) is 5.76. The Kier molecular flexibility index (Phi) is 4.56. The van der Waals surface area contributed by atoms with Crippen molar-refractivity contribution in [3.05, 3.63) is 0 Å². The van der Waals surface area contributed by atoms with E-state index >= 15 is 0 Å². The topological polar surface area (TPSA) is 33.3 Å². The molecular weight excluding hydrogens is 188 g/mol. The van der Waals surface area contributed by atoms with Gasteiger partial charge >= 0.3 is 0 Å². The van der Waals surface area contributed by atoms with Gasteiger partial charge in [0.2, 0.25) is 0 Å². The lowest BCUT2D eigenvalue weighted by Gasteiger charge is -2.39. The zero-order chi connectivity index (χ0) is 11.5. The van der Waals surface area contributed by atoms with Gasteiger partial charge in [-0.1, -0.05) is 0 Å². The highest BCUT2D eigenvalue weighted by atomic mass is 16.5. The molecule has 1 aliphatic rings. The summed E-state index contributed by atoms with van der Waals surface area (Å²) in [6.45, 7) is 11.6. The number of nitrogens with one attached hydrogen (secondary N) is 2. The monoisotopic (exact) mass is 214 g/mol. The van der Waals surface area contributed by atoms with Crippen LogP contribution in [0.15, 0.2) is 0 Å². The Morgan fingerprint density at radius 1 is 1.27 bits per heavy atom. The minimum atomic E-state index is 0.00577. The first kappa shape index (κ1) is 12.9. The van der Waals surface area contributed by atoms with Crippen LogP contribution < -0.4 is 10.6 Å². The van der Waals surface area contributed by atoms with E-state index in [-0.39, 0.29) is 5.60 Å². The van der Waals surface area contributed by atoms with Crippen molar-refractivity contribution >= 4 is 0 Å². The van der Waals surface area contributed by atoms with Gasteiger partial charge in [0.1, 0.15) is 0 Å². The first-order chi connectivity index (χ1) is 6.87. The lowest BCUT2D eigenvalue weighted by molar-refractivity contribution is -0.102. The minimum Gasteiger partial charge on any atom is -0.373 e. The van der Waals surface area contributed by atoms with Crippen molar-refractivity contribution in [3.8, 4) is 0 Å². The van der Waals surface area contributed by atoms with E-state index in [1.807, 2.05) is 0 Å². The first-order valence-electron chi connectivity index (χ1n) is 6.01. The van der Waals surface area contributed by atoms with Crippen molar-refractivity contribution in [2.24, 2.45) is 0 Å². The number of hydrogen-bond acceptors (Lipinski definition) is 3. The maximum Gasteiger partial charge on any atom is 0.0612 e. The second-order valence-electron chi connectivity index (χ2n) is 5.76. The highest BCUT2D eigenvalue weighted by Crippen LogP contribution is 2.27. The van der Waals surface area contributed by atoms with Crippen molar-refractivity contribution in [1.29, 1.82) is 0 Å². The fourth-order valence-electron chi connectivity index (χ4n) is 1.74. The van der Waals surface area contributed by atoms with E-state index in [0.717, 1.165) is 19.5 Å². The molecule has 0 amide bonds. The molecule has 0 atom stereocenters. The van der Waals surface area contributed by atoms with E-state index in [4.69, 9.17) is 4.74 Å². The molecule has 1 aliphatic carbocycles. The third-order valence-corrected chi connectivity index (χ3v) is 2.52. The summed E-state index contributed by atoms with van der Waals surface area (Å²) in [7, 11) is 0. The predicted molar refractivity (Wildman–Crippen MR) is 63.9 cm³/mol. The van der Waals surface area contributed by atoms with Gasteiger partial charge in [-0.2, -0.15) is 0 Å². The Labute approximate surface area is 94.0 Å². The van der Waals surface area contributed by atoms with Crippen molar-refractivity contribution < 1.29 is 4.74 Å². The molecule has 0 saturated heterocycles. The van der Waals surface area contributed by atoms with Gasteiger partial charge in [0.05, 0.1) is 11.7 Å². The van der Waals surface area contributed by atoms with Crippen molar-refractivity contribution in [3.63, 3.8) is 0 Å². The third kappa shape index (κ3) is 5.50. The van der Waals surface area contributed by atoms with E-state index in [9.17, 15) is 0 Å². The molecular formula is C12H26N2O. The average Bonchev–Trinajstić information content (AvgIpc) is 1.96. The van der Waals surface area contributed by atoms with E-state index in [0.29, 0.717) is 18.2 Å². The van der Waals surface area contributed by atoms with Gasteiger partial charge < -0.3 is 15.4 Å². The standard InChI is InChI=1S/C12H26N2O/c1-9(2)13-8-14-10-6-11(7-10)15-12(3,4)5/h9-11,13-14H,6-8H2,1-5H3/t10-,11+. The fraction of sp³-hybridized carbons (Fsp3) is 1.00. The number of ether oxygens (including phenoxy) is 1. The Bertz CT molecular complexity index is 181. The lowest BCUT2D eigenvalue weighted by Crippen LogP contribution is -2.50. The maximum absolute atomic E-state index is 5.87. The molecule has 15 heavy (non-hydrogen) atoms. The summed E-state index contributed by atoms with van der Waals surface area (Å²) in [5, 5.41) is 6.83. The van der Waals surface area contributed by atoms with E-state index in [1.54, 1.807) is 0 Å². The SMILES string of the molecule is CC(C)NCN[C@H]1C[C@@H](OC(C)(C)C)C1. The second kappa shape index (κ2) is 5.28. The molecule has 0 aromatic rings. The third-order valence-electron chi connectivity index (χ3n) is 2.52. The van der Waals surface area contributed by atoms with Crippen LogP contribution in [0.1, 0.15) is 47.5 Å². The quantitative estimate of drug-likeness (QED) is 0.686. The molecule has 0 unspecified atom stereocenters. The fourth-order valence-corrected chi connectivity index (χ4v) is 1.74. The van der Waals surface area contributed by atoms with Crippen LogP contribution in [0, 0.1) is 0 Å². The van der Waals surface area contributed by atoms with E-state index in [1.165, 1.54) is 0 Å². The van der Waals surface area contributed by atoms with Gasteiger partial charge in [-0.25, -0.2) is 0 Å². The molecule has 1 rings (SSSR count). The molecule has 0 aromatic heterocycles. The van der Waals surface area contributed by atoms with Crippen LogP contribution in [0.4, 0.5) is 0 Å². The minimum absolute atomic E-state index is 0.00577. The van der Waals surface area contributed by atoms with Crippen molar-refractivity contribution in [2.45, 2.75) is 71.2 Å². The Morgan fingerprint density at radius 2 is 1.87 bits per heavy atom. The van der Waals surface area contributed by atoms with Crippen LogP contribution in [-0.2, 0) is 4.74 Å². The molecule has 2 N–H and O–H groups in total. The summed E-state index contributed by atoms with van der Waals surface area (Å²) >= 11 is 0. The molecule has 0 radical (unpaired) electrons. The Balaban J connectivity index is 2.01. The lowest BCUT2D eigenvalue weighted by atomic mass is 9.89. The molecule has 0 heterocycles. The van der Waals surface area contributed by atoms with Crippen molar-refractivity contribution in [2.75, 3.05) is 6.67 Å². The zero-order valence-corrected chi connectivity index (χ0v) is 10.8. The first-order valence-corrected chi connectivity index (χ1v) is 6.01. The summed E-state index contributed by atoms with van der Waals surface area (Å²) in [4.78, 5) is 0. The van der Waals surface area contributed by atoms with Gasteiger partial charge in [-0.3, -0.25) is 0 Å². The molecule has 90 valence electrons. The normalized spacial score (nSPS) is 26.8. The van der Waals surface area contributed by atoms with Crippen LogP contribution in [0.25, 0.3) is 0 Å². The Morgan fingerprint density at radius 3 is 2.33 bits per heavy atom. The number of hydrogen-bond donors (Lipinski definition) is 2. The van der Waals surface area contributed by atoms with Gasteiger partial charge in [-0.05, 0) is 47.5 Å². The van der Waals surface area contributed by atoms with E-state index < -0.39 is 0 Å². The summed E-state index contributed by atoms with van der Waals surface area (Å²) in [6.07, 6.45) is 2.76. The molecule has 0 bridgehead atoms. The van der Waals surface area contributed by atoms with Crippen LogP contribution in [0.3, 0.4) is 0 Å². The molecule has 1 fully saturated rings. The average molecular weight is 214 g/mol. The molecule has 1 saturated carbocycles. The van der Waals surface area contributed by atoms with Gasteiger partial charge in [0, 0.05) is 18.8 Å². The van der Waals surface area contributed by atoms with Gasteiger partial charge in [0.25, 0.3) is 0 Å². The van der Waals surface area contributed by atoms with E-state index in [2.05, 4.69) is 45.3 Å². The largest absolute Gasteiger partial charge is 0.373 e. The van der Waals surface area contributed by atoms with Gasteiger partial charge in [0.15, 0.2) is 0 Å². The summed E-state index contributed by atoms with van der Waals surface area (Å²) in [6, 6.07) is 1.20. The summed E-state index contributed by atoms with van der Waals surface area (Å²) in [5.41, 5.74) is 0.00577. The predicted octanol–water partition coefficient (Wildman–Crippen LogP) is 1.88. The maximum atomic E-state index is 5.87. The summed E-state index contributed by atoms with van der Waals surface area (Å²) < 4.78 is 5.87. The highest BCUT2D eigenvalue weighted by molar-refractivity contribution is 4.87. The number of rotatable bonds is 5. The summed E-state index contributed by atoms with van der Waals surface area (Å²) in [5.74, 6) is 0. The molecule has 0 spiro atoms.